The van der Waals surface area contributed by atoms with Crippen molar-refractivity contribution in [3.05, 3.63) is 28.2 Å². The Labute approximate surface area is 111 Å². The van der Waals surface area contributed by atoms with Crippen LogP contribution >= 0.6 is 23.2 Å². The highest BCUT2D eigenvalue weighted by molar-refractivity contribution is 6.36. The van der Waals surface area contributed by atoms with E-state index in [9.17, 15) is 4.79 Å². The number of benzene rings is 1. The molecule has 94 valence electrons. The minimum absolute atomic E-state index is 0.0359. The number of carbonyl (C=O) groups is 1. The van der Waals surface area contributed by atoms with Gasteiger partial charge in [-0.3, -0.25) is 4.79 Å². The molecule has 0 aliphatic carbocycles. The Morgan fingerprint density at radius 1 is 1.24 bits per heavy atom. The van der Waals surface area contributed by atoms with Gasteiger partial charge in [0.05, 0.1) is 10.7 Å². The summed E-state index contributed by atoms with van der Waals surface area (Å²) in [6, 6.07) is 4.99. The summed E-state index contributed by atoms with van der Waals surface area (Å²) in [6.45, 7) is 0.671. The Bertz CT molecular complexity index is 383. The first kappa shape index (κ1) is 14.3. The fourth-order valence-corrected chi connectivity index (χ4v) is 1.87. The summed E-state index contributed by atoms with van der Waals surface area (Å²) in [5, 5.41) is 3.76. The second-order valence-corrected chi connectivity index (χ2v) is 4.62. The molecule has 1 aromatic carbocycles. The first-order valence-corrected chi connectivity index (χ1v) is 6.34. The third kappa shape index (κ3) is 5.39. The van der Waals surface area contributed by atoms with Crippen LogP contribution in [0.15, 0.2) is 18.2 Å². The minimum atomic E-state index is -0.0359. The molecule has 0 aliphatic rings. The van der Waals surface area contributed by atoms with E-state index in [2.05, 4.69) is 5.32 Å². The maximum Gasteiger partial charge on any atom is 0.224 e. The molecule has 0 saturated carbocycles. The van der Waals surface area contributed by atoms with Crippen molar-refractivity contribution in [2.75, 3.05) is 11.9 Å². The van der Waals surface area contributed by atoms with Crippen LogP contribution < -0.4 is 11.1 Å². The number of hydrogen-bond donors (Lipinski definition) is 2. The molecule has 0 fully saturated rings. The highest BCUT2D eigenvalue weighted by Crippen LogP contribution is 2.25. The number of unbranched alkanes of at least 4 members (excludes halogenated alkanes) is 2. The van der Waals surface area contributed by atoms with Crippen molar-refractivity contribution in [1.82, 2.24) is 0 Å². The van der Waals surface area contributed by atoms with Gasteiger partial charge in [0, 0.05) is 11.4 Å². The summed E-state index contributed by atoms with van der Waals surface area (Å²) in [6.07, 6.45) is 3.25. The number of amides is 1. The van der Waals surface area contributed by atoms with Crippen LogP contribution in [0.1, 0.15) is 25.7 Å². The van der Waals surface area contributed by atoms with Crippen LogP contribution in [-0.4, -0.2) is 12.5 Å². The molecule has 0 aliphatic heterocycles. The fraction of sp³-hybridized carbons (Fsp3) is 0.417. The van der Waals surface area contributed by atoms with Crippen LogP contribution in [0.25, 0.3) is 0 Å². The van der Waals surface area contributed by atoms with Crippen LogP contribution in [0.2, 0.25) is 10.0 Å². The summed E-state index contributed by atoms with van der Waals surface area (Å²) in [5.74, 6) is -0.0359. The molecule has 1 amide bonds. The third-order valence-corrected chi connectivity index (χ3v) is 2.86. The summed E-state index contributed by atoms with van der Waals surface area (Å²) < 4.78 is 0. The quantitative estimate of drug-likeness (QED) is 0.781. The molecule has 0 heterocycles. The zero-order valence-electron chi connectivity index (χ0n) is 9.51. The molecule has 0 spiro atoms. The zero-order valence-corrected chi connectivity index (χ0v) is 11.0. The zero-order chi connectivity index (χ0) is 12.7. The van der Waals surface area contributed by atoms with Crippen molar-refractivity contribution in [2.24, 2.45) is 5.73 Å². The van der Waals surface area contributed by atoms with E-state index in [0.29, 0.717) is 28.7 Å². The van der Waals surface area contributed by atoms with Crippen molar-refractivity contribution < 1.29 is 4.79 Å². The Balaban J connectivity index is 2.40. The summed E-state index contributed by atoms with van der Waals surface area (Å²) in [7, 11) is 0. The van der Waals surface area contributed by atoms with E-state index < -0.39 is 0 Å². The molecule has 3 nitrogen and oxygen atoms in total. The van der Waals surface area contributed by atoms with Crippen molar-refractivity contribution in [1.29, 1.82) is 0 Å². The van der Waals surface area contributed by atoms with Gasteiger partial charge in [-0.2, -0.15) is 0 Å². The monoisotopic (exact) mass is 274 g/mol. The molecule has 0 bridgehead atoms. The third-order valence-electron chi connectivity index (χ3n) is 2.31. The molecule has 1 aromatic rings. The Morgan fingerprint density at radius 2 is 2.00 bits per heavy atom. The van der Waals surface area contributed by atoms with Crippen molar-refractivity contribution in [3.63, 3.8) is 0 Å². The van der Waals surface area contributed by atoms with Crippen LogP contribution in [0.5, 0.6) is 0 Å². The van der Waals surface area contributed by atoms with Gasteiger partial charge in [0.25, 0.3) is 0 Å². The average Bonchev–Trinajstić information content (AvgIpc) is 2.28. The second kappa shape index (κ2) is 7.54. The van der Waals surface area contributed by atoms with E-state index in [4.69, 9.17) is 28.9 Å². The number of nitrogens with one attached hydrogen (secondary N) is 1. The number of nitrogens with two attached hydrogens (primary N) is 1. The molecule has 0 atom stereocenters. The van der Waals surface area contributed by atoms with Gasteiger partial charge in [-0.25, -0.2) is 0 Å². The van der Waals surface area contributed by atoms with E-state index in [-0.39, 0.29) is 5.91 Å². The summed E-state index contributed by atoms with van der Waals surface area (Å²) >= 11 is 11.7. The predicted octanol–water partition coefficient (Wildman–Crippen LogP) is 3.45. The number of anilines is 1. The normalized spacial score (nSPS) is 10.3. The van der Waals surface area contributed by atoms with Gasteiger partial charge in [0.15, 0.2) is 0 Å². The van der Waals surface area contributed by atoms with Crippen LogP contribution in [0, 0.1) is 0 Å². The Hall–Kier alpha value is -0.770. The molecule has 1 rings (SSSR count). The average molecular weight is 275 g/mol. The van der Waals surface area contributed by atoms with Gasteiger partial charge in [-0.05, 0) is 37.6 Å². The smallest absolute Gasteiger partial charge is 0.224 e. The van der Waals surface area contributed by atoms with Gasteiger partial charge in [0.1, 0.15) is 0 Å². The first-order valence-electron chi connectivity index (χ1n) is 5.58. The van der Waals surface area contributed by atoms with Gasteiger partial charge in [0.2, 0.25) is 5.91 Å². The van der Waals surface area contributed by atoms with Crippen molar-refractivity contribution >= 4 is 34.8 Å². The predicted molar refractivity (Wildman–Crippen MR) is 72.6 cm³/mol. The first-order chi connectivity index (χ1) is 8.13. The fourth-order valence-electron chi connectivity index (χ4n) is 1.41. The molecule has 0 aromatic heterocycles. The topological polar surface area (TPSA) is 55.1 Å². The van der Waals surface area contributed by atoms with E-state index in [0.717, 1.165) is 19.3 Å². The Morgan fingerprint density at radius 3 is 2.65 bits per heavy atom. The number of hydrogen-bond acceptors (Lipinski definition) is 2. The van der Waals surface area contributed by atoms with Crippen LogP contribution in [0.3, 0.4) is 0 Å². The van der Waals surface area contributed by atoms with E-state index in [1.807, 2.05) is 0 Å². The van der Waals surface area contributed by atoms with E-state index in [1.165, 1.54) is 0 Å². The van der Waals surface area contributed by atoms with E-state index in [1.54, 1.807) is 18.2 Å². The SMILES string of the molecule is NCCCCCC(=O)Nc1ccc(Cl)cc1Cl. The summed E-state index contributed by atoms with van der Waals surface area (Å²) in [4.78, 5) is 11.6. The van der Waals surface area contributed by atoms with Gasteiger partial charge in [-0.1, -0.05) is 29.6 Å². The lowest BCUT2D eigenvalue weighted by Crippen LogP contribution is -2.11. The number of rotatable bonds is 6. The van der Waals surface area contributed by atoms with Crippen molar-refractivity contribution in [3.8, 4) is 0 Å². The molecular formula is C12H16Cl2N2O. The van der Waals surface area contributed by atoms with Gasteiger partial charge >= 0.3 is 0 Å². The molecule has 0 unspecified atom stereocenters. The van der Waals surface area contributed by atoms with Crippen LogP contribution in [-0.2, 0) is 4.79 Å². The maximum absolute atomic E-state index is 11.6. The Kier molecular flexibility index (Phi) is 6.34. The van der Waals surface area contributed by atoms with Gasteiger partial charge < -0.3 is 11.1 Å². The maximum atomic E-state index is 11.6. The molecule has 0 radical (unpaired) electrons. The number of carbonyl (C=O) groups excluding carboxylic acids is 1. The minimum Gasteiger partial charge on any atom is -0.330 e. The lowest BCUT2D eigenvalue weighted by molar-refractivity contribution is -0.116. The van der Waals surface area contributed by atoms with Crippen molar-refractivity contribution in [2.45, 2.75) is 25.7 Å². The highest BCUT2D eigenvalue weighted by atomic mass is 35.5. The lowest BCUT2D eigenvalue weighted by Gasteiger charge is -2.07. The largest absolute Gasteiger partial charge is 0.330 e. The molecule has 3 N–H and O–H groups in total. The molecule has 0 saturated heterocycles. The number of halogens is 2. The van der Waals surface area contributed by atoms with Gasteiger partial charge in [-0.15, -0.1) is 0 Å². The summed E-state index contributed by atoms with van der Waals surface area (Å²) in [5.41, 5.74) is 5.97. The van der Waals surface area contributed by atoms with E-state index >= 15 is 0 Å². The standard InChI is InChI=1S/C12H16Cl2N2O/c13-9-5-6-11(10(14)8-9)16-12(17)4-2-1-3-7-15/h5-6,8H,1-4,7,15H2,(H,16,17). The second-order valence-electron chi connectivity index (χ2n) is 3.77. The van der Waals surface area contributed by atoms with Crippen LogP contribution in [0.4, 0.5) is 5.69 Å². The lowest BCUT2D eigenvalue weighted by atomic mass is 10.2. The molecular weight excluding hydrogens is 259 g/mol. The highest BCUT2D eigenvalue weighted by Gasteiger charge is 2.05. The molecule has 17 heavy (non-hydrogen) atoms. The molecule has 5 heteroatoms.